The quantitative estimate of drug-likeness (QED) is 0.606. The standard InChI is InChI=1S/C22H25ClN2O6S/c1-15-5-3-4-12-25(15)32(28,29)18-9-6-16(7-10-18)22(27)31-14-21(26)24-19-13-17(23)8-11-20(19)30-2/h6-11,13,15H,3-5,12,14H2,1-2H3,(H,24,26). The van der Waals surface area contributed by atoms with Gasteiger partial charge in [-0.2, -0.15) is 4.31 Å². The first-order chi connectivity index (χ1) is 15.2. The van der Waals surface area contributed by atoms with Gasteiger partial charge in [-0.15, -0.1) is 0 Å². The van der Waals surface area contributed by atoms with E-state index in [2.05, 4.69) is 5.32 Å². The van der Waals surface area contributed by atoms with Crippen LogP contribution in [0.3, 0.4) is 0 Å². The third-order valence-electron chi connectivity index (χ3n) is 5.21. The molecule has 1 saturated heterocycles. The van der Waals surface area contributed by atoms with Crippen LogP contribution in [0.5, 0.6) is 5.75 Å². The second-order valence-electron chi connectivity index (χ2n) is 7.45. The summed E-state index contributed by atoms with van der Waals surface area (Å²) in [4.78, 5) is 24.6. The van der Waals surface area contributed by atoms with E-state index in [0.717, 1.165) is 19.3 Å². The second kappa shape index (κ2) is 10.3. The highest BCUT2D eigenvalue weighted by Crippen LogP contribution is 2.28. The number of rotatable bonds is 7. The minimum atomic E-state index is -3.63. The van der Waals surface area contributed by atoms with Crippen molar-refractivity contribution in [3.05, 3.63) is 53.1 Å². The summed E-state index contributed by atoms with van der Waals surface area (Å²) in [6.45, 7) is 1.85. The van der Waals surface area contributed by atoms with E-state index in [1.54, 1.807) is 12.1 Å². The maximum absolute atomic E-state index is 12.9. The van der Waals surface area contributed by atoms with Crippen molar-refractivity contribution < 1.29 is 27.5 Å². The van der Waals surface area contributed by atoms with Gasteiger partial charge in [-0.05, 0) is 62.2 Å². The second-order valence-corrected chi connectivity index (χ2v) is 9.78. The van der Waals surface area contributed by atoms with Crippen molar-refractivity contribution in [3.63, 3.8) is 0 Å². The Morgan fingerprint density at radius 3 is 2.53 bits per heavy atom. The summed E-state index contributed by atoms with van der Waals surface area (Å²) in [5.74, 6) is -0.903. The molecule has 10 heteroatoms. The number of sulfonamides is 1. The number of hydrogen-bond donors (Lipinski definition) is 1. The number of benzene rings is 2. The van der Waals surface area contributed by atoms with Gasteiger partial charge in [0.2, 0.25) is 10.0 Å². The lowest BCUT2D eigenvalue weighted by Gasteiger charge is -2.32. The van der Waals surface area contributed by atoms with E-state index in [9.17, 15) is 18.0 Å². The molecule has 1 amide bonds. The van der Waals surface area contributed by atoms with Gasteiger partial charge in [0.1, 0.15) is 5.75 Å². The summed E-state index contributed by atoms with van der Waals surface area (Å²) >= 11 is 5.93. The van der Waals surface area contributed by atoms with Crippen molar-refractivity contribution in [2.45, 2.75) is 37.1 Å². The summed E-state index contributed by atoms with van der Waals surface area (Å²) < 4.78 is 37.5. The molecule has 172 valence electrons. The van der Waals surface area contributed by atoms with E-state index in [-0.39, 0.29) is 16.5 Å². The van der Waals surface area contributed by atoms with Crippen LogP contribution < -0.4 is 10.1 Å². The molecule has 2 aromatic carbocycles. The predicted molar refractivity (Wildman–Crippen MR) is 121 cm³/mol. The van der Waals surface area contributed by atoms with Crippen molar-refractivity contribution in [3.8, 4) is 5.75 Å². The average molecular weight is 481 g/mol. The Hall–Kier alpha value is -2.62. The number of nitrogens with zero attached hydrogens (tertiary/aromatic N) is 1. The molecule has 1 fully saturated rings. The van der Waals surface area contributed by atoms with Gasteiger partial charge in [-0.1, -0.05) is 18.0 Å². The maximum atomic E-state index is 12.9. The smallest absolute Gasteiger partial charge is 0.338 e. The van der Waals surface area contributed by atoms with Gasteiger partial charge in [-0.25, -0.2) is 13.2 Å². The number of nitrogens with one attached hydrogen (secondary N) is 1. The van der Waals surface area contributed by atoms with E-state index in [1.165, 1.54) is 41.7 Å². The van der Waals surface area contributed by atoms with Gasteiger partial charge in [0.15, 0.2) is 6.61 Å². The molecule has 1 unspecified atom stereocenters. The van der Waals surface area contributed by atoms with Crippen LogP contribution in [-0.4, -0.2) is 50.9 Å². The van der Waals surface area contributed by atoms with Crippen LogP contribution >= 0.6 is 11.6 Å². The number of carbonyl (C=O) groups excluding carboxylic acids is 2. The van der Waals surface area contributed by atoms with Gasteiger partial charge in [0.25, 0.3) is 5.91 Å². The zero-order valence-electron chi connectivity index (χ0n) is 17.8. The molecule has 8 nitrogen and oxygen atoms in total. The Morgan fingerprint density at radius 1 is 1.16 bits per heavy atom. The molecular weight excluding hydrogens is 456 g/mol. The fourth-order valence-corrected chi connectivity index (χ4v) is 5.38. The first-order valence-corrected chi connectivity index (χ1v) is 12.0. The molecule has 1 heterocycles. The molecule has 1 aliphatic heterocycles. The van der Waals surface area contributed by atoms with Crippen LogP contribution in [0.2, 0.25) is 5.02 Å². The van der Waals surface area contributed by atoms with E-state index in [0.29, 0.717) is 23.0 Å². The summed E-state index contributed by atoms with van der Waals surface area (Å²) in [5.41, 5.74) is 0.492. The van der Waals surface area contributed by atoms with Crippen molar-refractivity contribution in [2.24, 2.45) is 0 Å². The zero-order valence-corrected chi connectivity index (χ0v) is 19.4. The SMILES string of the molecule is COc1ccc(Cl)cc1NC(=O)COC(=O)c1ccc(S(=O)(=O)N2CCCCC2C)cc1. The molecule has 0 bridgehead atoms. The first-order valence-electron chi connectivity index (χ1n) is 10.1. The summed E-state index contributed by atoms with van der Waals surface area (Å²) in [7, 11) is -2.18. The zero-order chi connectivity index (χ0) is 23.3. The van der Waals surface area contributed by atoms with Crippen LogP contribution in [0.25, 0.3) is 0 Å². The minimum Gasteiger partial charge on any atom is -0.495 e. The number of amides is 1. The molecule has 1 atom stereocenters. The number of methoxy groups -OCH3 is 1. The Balaban J connectivity index is 1.60. The number of ether oxygens (including phenoxy) is 2. The monoisotopic (exact) mass is 480 g/mol. The fraction of sp³-hybridized carbons (Fsp3) is 0.364. The van der Waals surface area contributed by atoms with Gasteiger partial charge < -0.3 is 14.8 Å². The molecule has 32 heavy (non-hydrogen) atoms. The molecule has 1 aliphatic rings. The first kappa shape index (κ1) is 24.0. The molecule has 0 radical (unpaired) electrons. The van der Waals surface area contributed by atoms with Crippen LogP contribution in [0.4, 0.5) is 5.69 Å². The normalized spacial score (nSPS) is 16.9. The topological polar surface area (TPSA) is 102 Å². The number of hydrogen-bond acceptors (Lipinski definition) is 6. The van der Waals surface area contributed by atoms with Gasteiger partial charge in [-0.3, -0.25) is 4.79 Å². The summed E-state index contributed by atoms with van der Waals surface area (Å²) in [5, 5.41) is 2.98. The predicted octanol–water partition coefficient (Wildman–Crippen LogP) is 3.71. The van der Waals surface area contributed by atoms with E-state index in [4.69, 9.17) is 21.1 Å². The number of halogens is 1. The van der Waals surface area contributed by atoms with Crippen LogP contribution in [0, 0.1) is 0 Å². The third-order valence-corrected chi connectivity index (χ3v) is 7.47. The van der Waals surface area contributed by atoms with E-state index >= 15 is 0 Å². The molecular formula is C22H25ClN2O6S. The lowest BCUT2D eigenvalue weighted by Crippen LogP contribution is -2.41. The van der Waals surface area contributed by atoms with Crippen LogP contribution in [0.1, 0.15) is 36.5 Å². The Bertz CT molecular complexity index is 1090. The van der Waals surface area contributed by atoms with Gasteiger partial charge >= 0.3 is 5.97 Å². The van der Waals surface area contributed by atoms with Crippen molar-refractivity contribution in [2.75, 3.05) is 25.6 Å². The van der Waals surface area contributed by atoms with Crippen molar-refractivity contribution in [1.82, 2.24) is 4.31 Å². The van der Waals surface area contributed by atoms with Crippen molar-refractivity contribution in [1.29, 1.82) is 0 Å². The average Bonchev–Trinajstić information content (AvgIpc) is 2.78. The molecule has 0 saturated carbocycles. The largest absolute Gasteiger partial charge is 0.495 e. The Morgan fingerprint density at radius 2 is 1.88 bits per heavy atom. The van der Waals surface area contributed by atoms with Gasteiger partial charge in [0.05, 0.1) is 23.3 Å². The lowest BCUT2D eigenvalue weighted by atomic mass is 10.1. The molecule has 0 aliphatic carbocycles. The fourth-order valence-electron chi connectivity index (χ4n) is 3.51. The molecule has 2 aromatic rings. The molecule has 0 spiro atoms. The van der Waals surface area contributed by atoms with E-state index in [1.807, 2.05) is 6.92 Å². The third kappa shape index (κ3) is 5.59. The van der Waals surface area contributed by atoms with Crippen molar-refractivity contribution >= 4 is 39.2 Å². The van der Waals surface area contributed by atoms with E-state index < -0.39 is 28.5 Å². The lowest BCUT2D eigenvalue weighted by molar-refractivity contribution is -0.119. The maximum Gasteiger partial charge on any atom is 0.338 e. The number of carbonyl (C=O) groups is 2. The van der Waals surface area contributed by atoms with Gasteiger partial charge in [0, 0.05) is 17.6 Å². The number of piperidine rings is 1. The minimum absolute atomic E-state index is 0.0602. The summed E-state index contributed by atoms with van der Waals surface area (Å²) in [6.07, 6.45) is 2.67. The molecule has 1 N–H and O–H groups in total. The Kier molecular flexibility index (Phi) is 7.76. The highest BCUT2D eigenvalue weighted by atomic mass is 35.5. The number of anilines is 1. The highest BCUT2D eigenvalue weighted by Gasteiger charge is 2.31. The summed E-state index contributed by atoms with van der Waals surface area (Å²) in [6, 6.07) is 10.2. The number of esters is 1. The molecule has 0 aromatic heterocycles. The van der Waals surface area contributed by atoms with Crippen LogP contribution in [-0.2, 0) is 19.6 Å². The Labute approximate surface area is 192 Å². The molecule has 3 rings (SSSR count). The van der Waals surface area contributed by atoms with Crippen LogP contribution in [0.15, 0.2) is 47.4 Å². The highest BCUT2D eigenvalue weighted by molar-refractivity contribution is 7.89.